The van der Waals surface area contributed by atoms with E-state index in [4.69, 9.17) is 10.5 Å². The third-order valence-electron chi connectivity index (χ3n) is 3.51. The van der Waals surface area contributed by atoms with Crippen molar-refractivity contribution < 1.29 is 4.74 Å². The molecule has 1 aliphatic rings. The van der Waals surface area contributed by atoms with Crippen LogP contribution in [0.4, 0.5) is 0 Å². The van der Waals surface area contributed by atoms with Crippen LogP contribution >= 0.6 is 0 Å². The predicted molar refractivity (Wildman–Crippen MR) is 64.3 cm³/mol. The second-order valence-electron chi connectivity index (χ2n) is 4.56. The number of methoxy groups -OCH3 is 1. The first kappa shape index (κ1) is 11.4. The molecule has 0 spiro atoms. The Balaban J connectivity index is 2.04. The second-order valence-corrected chi connectivity index (χ2v) is 4.56. The normalized spacial score (nSPS) is 19.4. The van der Waals surface area contributed by atoms with Crippen molar-refractivity contribution in [1.29, 1.82) is 0 Å². The van der Waals surface area contributed by atoms with Crippen molar-refractivity contribution in [2.24, 2.45) is 11.7 Å². The van der Waals surface area contributed by atoms with Gasteiger partial charge < -0.3 is 10.5 Å². The molecular formula is C13H20N2O. The molecule has 0 aromatic carbocycles. The molecule has 0 unspecified atom stereocenters. The lowest BCUT2D eigenvalue weighted by molar-refractivity contribution is 0.307. The standard InChI is InChI=1S/C13H20N2O/c1-16-12-8-7-11(9-15-12)13(14)10-5-3-2-4-6-10/h7-10,13H,2-6,14H2,1H3/t13-/m1/s1. The van der Waals surface area contributed by atoms with E-state index in [0.717, 1.165) is 5.56 Å². The van der Waals surface area contributed by atoms with Gasteiger partial charge in [-0.15, -0.1) is 0 Å². The van der Waals surface area contributed by atoms with Crippen molar-refractivity contribution in [3.63, 3.8) is 0 Å². The van der Waals surface area contributed by atoms with E-state index < -0.39 is 0 Å². The topological polar surface area (TPSA) is 48.1 Å². The van der Waals surface area contributed by atoms with Crippen molar-refractivity contribution in [2.75, 3.05) is 7.11 Å². The van der Waals surface area contributed by atoms with Crippen LogP contribution < -0.4 is 10.5 Å². The molecule has 16 heavy (non-hydrogen) atoms. The van der Waals surface area contributed by atoms with Gasteiger partial charge in [0.05, 0.1) is 7.11 Å². The van der Waals surface area contributed by atoms with Crippen molar-refractivity contribution in [3.05, 3.63) is 23.9 Å². The highest BCUT2D eigenvalue weighted by molar-refractivity contribution is 5.21. The fourth-order valence-corrected chi connectivity index (χ4v) is 2.48. The van der Waals surface area contributed by atoms with Crippen molar-refractivity contribution >= 4 is 0 Å². The van der Waals surface area contributed by atoms with Crippen LogP contribution in [0.5, 0.6) is 5.88 Å². The molecule has 0 amide bonds. The Labute approximate surface area is 97.0 Å². The van der Waals surface area contributed by atoms with Gasteiger partial charge >= 0.3 is 0 Å². The summed E-state index contributed by atoms with van der Waals surface area (Å²) in [5, 5.41) is 0. The molecule has 1 aliphatic carbocycles. The van der Waals surface area contributed by atoms with Gasteiger partial charge in [0.2, 0.25) is 5.88 Å². The Kier molecular flexibility index (Phi) is 3.78. The molecule has 3 nitrogen and oxygen atoms in total. The Morgan fingerprint density at radius 3 is 2.62 bits per heavy atom. The average molecular weight is 220 g/mol. The van der Waals surface area contributed by atoms with Gasteiger partial charge in [0, 0.05) is 18.3 Å². The summed E-state index contributed by atoms with van der Waals surface area (Å²) in [4.78, 5) is 4.21. The molecule has 0 radical (unpaired) electrons. The van der Waals surface area contributed by atoms with Gasteiger partial charge in [0.25, 0.3) is 0 Å². The summed E-state index contributed by atoms with van der Waals surface area (Å²) in [6.07, 6.45) is 8.37. The fraction of sp³-hybridized carbons (Fsp3) is 0.615. The largest absolute Gasteiger partial charge is 0.481 e. The molecule has 1 heterocycles. The van der Waals surface area contributed by atoms with Gasteiger partial charge in [-0.1, -0.05) is 25.3 Å². The maximum atomic E-state index is 6.28. The summed E-state index contributed by atoms with van der Waals surface area (Å²) in [5.41, 5.74) is 7.41. The molecule has 2 N–H and O–H groups in total. The van der Waals surface area contributed by atoms with Gasteiger partial charge in [-0.3, -0.25) is 0 Å². The van der Waals surface area contributed by atoms with Crippen molar-refractivity contribution in [2.45, 2.75) is 38.1 Å². The Bertz CT molecular complexity index is 317. The van der Waals surface area contributed by atoms with E-state index in [-0.39, 0.29) is 6.04 Å². The van der Waals surface area contributed by atoms with Crippen molar-refractivity contribution in [3.8, 4) is 5.88 Å². The summed E-state index contributed by atoms with van der Waals surface area (Å²) in [6, 6.07) is 4.06. The molecule has 1 fully saturated rings. The maximum absolute atomic E-state index is 6.28. The van der Waals surface area contributed by atoms with E-state index in [0.29, 0.717) is 11.8 Å². The number of rotatable bonds is 3. The SMILES string of the molecule is COc1ccc([C@H](N)C2CCCCC2)cn1. The molecular weight excluding hydrogens is 200 g/mol. The monoisotopic (exact) mass is 220 g/mol. The highest BCUT2D eigenvalue weighted by Crippen LogP contribution is 2.32. The smallest absolute Gasteiger partial charge is 0.212 e. The zero-order chi connectivity index (χ0) is 11.4. The first-order valence-electron chi connectivity index (χ1n) is 6.07. The van der Waals surface area contributed by atoms with Crippen LogP contribution in [0, 0.1) is 5.92 Å². The molecule has 1 atom stereocenters. The van der Waals surface area contributed by atoms with Crippen LogP contribution in [0.25, 0.3) is 0 Å². The molecule has 0 bridgehead atoms. The van der Waals surface area contributed by atoms with Crippen LogP contribution in [0.2, 0.25) is 0 Å². The zero-order valence-corrected chi connectivity index (χ0v) is 9.86. The van der Waals surface area contributed by atoms with Crippen LogP contribution in [-0.2, 0) is 0 Å². The minimum Gasteiger partial charge on any atom is -0.481 e. The summed E-state index contributed by atoms with van der Waals surface area (Å²) in [6.45, 7) is 0. The van der Waals surface area contributed by atoms with E-state index in [1.165, 1.54) is 32.1 Å². The zero-order valence-electron chi connectivity index (χ0n) is 9.86. The molecule has 0 aliphatic heterocycles. The number of hydrogen-bond donors (Lipinski definition) is 1. The van der Waals surface area contributed by atoms with E-state index in [9.17, 15) is 0 Å². The molecule has 3 heteroatoms. The predicted octanol–water partition coefficient (Wildman–Crippen LogP) is 2.67. The van der Waals surface area contributed by atoms with Gasteiger partial charge in [0.1, 0.15) is 0 Å². The number of ether oxygens (including phenoxy) is 1. The summed E-state index contributed by atoms with van der Waals surface area (Å²) in [5.74, 6) is 1.28. The number of nitrogens with zero attached hydrogens (tertiary/aromatic N) is 1. The third-order valence-corrected chi connectivity index (χ3v) is 3.51. The Morgan fingerprint density at radius 2 is 2.06 bits per heavy atom. The van der Waals surface area contributed by atoms with E-state index >= 15 is 0 Å². The molecule has 2 rings (SSSR count). The number of aromatic nitrogens is 1. The second kappa shape index (κ2) is 5.30. The summed E-state index contributed by atoms with van der Waals surface area (Å²) >= 11 is 0. The van der Waals surface area contributed by atoms with Gasteiger partial charge in [-0.05, 0) is 24.3 Å². The van der Waals surface area contributed by atoms with Crippen molar-refractivity contribution in [1.82, 2.24) is 4.98 Å². The number of hydrogen-bond acceptors (Lipinski definition) is 3. The Morgan fingerprint density at radius 1 is 1.31 bits per heavy atom. The molecule has 1 aromatic heterocycles. The van der Waals surface area contributed by atoms with E-state index in [2.05, 4.69) is 4.98 Å². The Hall–Kier alpha value is -1.09. The summed E-state index contributed by atoms with van der Waals surface area (Å²) in [7, 11) is 1.63. The van der Waals surface area contributed by atoms with E-state index in [1.54, 1.807) is 7.11 Å². The first-order valence-corrected chi connectivity index (χ1v) is 6.07. The third kappa shape index (κ3) is 2.53. The van der Waals surface area contributed by atoms with Crippen LogP contribution in [0.3, 0.4) is 0 Å². The van der Waals surface area contributed by atoms with Gasteiger partial charge in [0.15, 0.2) is 0 Å². The lowest BCUT2D eigenvalue weighted by atomic mass is 9.82. The molecule has 0 saturated heterocycles. The lowest BCUT2D eigenvalue weighted by Crippen LogP contribution is -2.23. The molecule has 88 valence electrons. The minimum atomic E-state index is 0.138. The van der Waals surface area contributed by atoms with Crippen LogP contribution in [0.15, 0.2) is 18.3 Å². The highest BCUT2D eigenvalue weighted by atomic mass is 16.5. The maximum Gasteiger partial charge on any atom is 0.212 e. The fourth-order valence-electron chi connectivity index (χ4n) is 2.48. The van der Waals surface area contributed by atoms with Gasteiger partial charge in [-0.2, -0.15) is 0 Å². The van der Waals surface area contributed by atoms with Crippen LogP contribution in [0.1, 0.15) is 43.7 Å². The lowest BCUT2D eigenvalue weighted by Gasteiger charge is -2.27. The summed E-state index contributed by atoms with van der Waals surface area (Å²) < 4.78 is 5.04. The van der Waals surface area contributed by atoms with Gasteiger partial charge in [-0.25, -0.2) is 4.98 Å². The highest BCUT2D eigenvalue weighted by Gasteiger charge is 2.21. The minimum absolute atomic E-state index is 0.138. The number of nitrogens with two attached hydrogens (primary N) is 1. The molecule has 1 saturated carbocycles. The van der Waals surface area contributed by atoms with Crippen LogP contribution in [-0.4, -0.2) is 12.1 Å². The molecule has 1 aromatic rings. The average Bonchev–Trinajstić information content (AvgIpc) is 2.39. The first-order chi connectivity index (χ1) is 7.81. The number of pyridine rings is 1. The quantitative estimate of drug-likeness (QED) is 0.852. The van der Waals surface area contributed by atoms with E-state index in [1.807, 2.05) is 18.3 Å².